The number of para-hydroxylation sites is 1. The number of aromatic nitrogens is 3. The first-order valence-electron chi connectivity index (χ1n) is 6.55. The van der Waals surface area contributed by atoms with E-state index in [4.69, 9.17) is 9.84 Å². The lowest BCUT2D eigenvalue weighted by Gasteiger charge is -2.04. The van der Waals surface area contributed by atoms with Crippen LogP contribution in [0.5, 0.6) is 0 Å². The van der Waals surface area contributed by atoms with Crippen LogP contribution in [0.25, 0.3) is 5.69 Å². The van der Waals surface area contributed by atoms with E-state index in [1.165, 1.54) is 0 Å². The Morgan fingerprint density at radius 3 is 2.75 bits per heavy atom. The molecule has 0 aliphatic carbocycles. The fourth-order valence-electron chi connectivity index (χ4n) is 1.80. The van der Waals surface area contributed by atoms with Crippen molar-refractivity contribution < 1.29 is 14.6 Å². The molecule has 0 atom stereocenters. The molecule has 0 radical (unpaired) electrons. The van der Waals surface area contributed by atoms with Gasteiger partial charge in [0.05, 0.1) is 12.3 Å². The summed E-state index contributed by atoms with van der Waals surface area (Å²) in [6.45, 7) is 2.08. The molecule has 0 amide bonds. The van der Waals surface area contributed by atoms with Gasteiger partial charge in [0.15, 0.2) is 0 Å². The number of esters is 1. The van der Waals surface area contributed by atoms with Crippen molar-refractivity contribution in [1.29, 1.82) is 0 Å². The first kappa shape index (κ1) is 14.2. The molecule has 6 nitrogen and oxygen atoms in total. The van der Waals surface area contributed by atoms with Crippen LogP contribution in [-0.2, 0) is 11.2 Å². The Morgan fingerprint density at radius 2 is 2.10 bits per heavy atom. The highest BCUT2D eigenvalue weighted by atomic mass is 16.5. The maximum atomic E-state index is 11.7. The highest BCUT2D eigenvalue weighted by Crippen LogP contribution is 2.11. The largest absolute Gasteiger partial charge is 0.460 e. The summed E-state index contributed by atoms with van der Waals surface area (Å²) in [5.74, 6) is 0.143. The van der Waals surface area contributed by atoms with Crippen LogP contribution in [0.2, 0.25) is 0 Å². The monoisotopic (exact) mass is 275 g/mol. The van der Waals surface area contributed by atoms with E-state index >= 15 is 0 Å². The van der Waals surface area contributed by atoms with Crippen LogP contribution in [0, 0.1) is 0 Å². The second-order valence-corrected chi connectivity index (χ2v) is 4.15. The molecule has 1 aromatic heterocycles. The van der Waals surface area contributed by atoms with E-state index in [0.717, 1.165) is 5.69 Å². The van der Waals surface area contributed by atoms with Crippen LogP contribution in [0.3, 0.4) is 0 Å². The van der Waals surface area contributed by atoms with Crippen molar-refractivity contribution in [3.63, 3.8) is 0 Å². The maximum absolute atomic E-state index is 11.7. The van der Waals surface area contributed by atoms with Crippen LogP contribution < -0.4 is 0 Å². The Labute approximate surface area is 117 Å². The Bertz CT molecular complexity index is 566. The summed E-state index contributed by atoms with van der Waals surface area (Å²) in [5.41, 5.74) is 0.823. The summed E-state index contributed by atoms with van der Waals surface area (Å²) < 4.78 is 6.52. The van der Waals surface area contributed by atoms with Crippen molar-refractivity contribution in [2.24, 2.45) is 0 Å². The Kier molecular flexibility index (Phi) is 4.84. The molecule has 0 fully saturated rings. The number of ether oxygens (including phenoxy) is 1. The van der Waals surface area contributed by atoms with Gasteiger partial charge in [-0.2, -0.15) is 0 Å². The van der Waals surface area contributed by atoms with E-state index in [-0.39, 0.29) is 19.0 Å². The van der Waals surface area contributed by atoms with Gasteiger partial charge in [0, 0.05) is 13.0 Å². The summed E-state index contributed by atoms with van der Waals surface area (Å²) in [7, 11) is 0. The van der Waals surface area contributed by atoms with Crippen molar-refractivity contribution in [1.82, 2.24) is 14.8 Å². The number of benzene rings is 1. The average molecular weight is 275 g/mol. The molecule has 0 unspecified atom stereocenters. The third-order valence-electron chi connectivity index (χ3n) is 2.69. The van der Waals surface area contributed by atoms with Crippen molar-refractivity contribution in [3.05, 3.63) is 42.0 Å². The third kappa shape index (κ3) is 3.21. The number of nitrogens with zero attached hydrogens (tertiary/aromatic N) is 3. The predicted octanol–water partition coefficient (Wildman–Crippen LogP) is 1.37. The smallest absolute Gasteiger partial charge is 0.378 e. The number of carbonyl (C=O) groups excluding carboxylic acids is 1. The number of rotatable bonds is 6. The van der Waals surface area contributed by atoms with E-state index in [0.29, 0.717) is 18.7 Å². The molecular weight excluding hydrogens is 258 g/mol. The average Bonchev–Trinajstić information content (AvgIpc) is 2.90. The van der Waals surface area contributed by atoms with Crippen molar-refractivity contribution in [2.45, 2.75) is 19.8 Å². The van der Waals surface area contributed by atoms with Gasteiger partial charge in [-0.1, -0.05) is 18.2 Å². The number of aliphatic hydroxyl groups is 1. The first-order valence-corrected chi connectivity index (χ1v) is 6.55. The lowest BCUT2D eigenvalue weighted by Crippen LogP contribution is -2.07. The van der Waals surface area contributed by atoms with Crippen molar-refractivity contribution in [2.75, 3.05) is 13.2 Å². The molecule has 106 valence electrons. The van der Waals surface area contributed by atoms with Crippen LogP contribution in [-0.4, -0.2) is 39.1 Å². The summed E-state index contributed by atoms with van der Waals surface area (Å²) in [4.78, 5) is 15.9. The second-order valence-electron chi connectivity index (χ2n) is 4.15. The highest BCUT2D eigenvalue weighted by molar-refractivity contribution is 5.85. The number of carbonyl (C=O) groups is 1. The standard InChI is InChI=1S/C14H17N3O3/c1-2-20-14(19)13-15-12(9-6-10-18)17(16-13)11-7-4-3-5-8-11/h3-5,7-8,18H,2,6,9-10H2,1H3. The van der Waals surface area contributed by atoms with Crippen LogP contribution in [0.1, 0.15) is 29.8 Å². The van der Waals surface area contributed by atoms with Crippen molar-refractivity contribution >= 4 is 5.97 Å². The van der Waals surface area contributed by atoms with Crippen LogP contribution in [0.15, 0.2) is 30.3 Å². The van der Waals surface area contributed by atoms with Gasteiger partial charge in [0.25, 0.3) is 5.82 Å². The molecular formula is C14H17N3O3. The maximum Gasteiger partial charge on any atom is 0.378 e. The molecule has 20 heavy (non-hydrogen) atoms. The fraction of sp³-hybridized carbons (Fsp3) is 0.357. The van der Waals surface area contributed by atoms with Gasteiger partial charge in [-0.15, -0.1) is 5.10 Å². The quantitative estimate of drug-likeness (QED) is 0.806. The van der Waals surface area contributed by atoms with Gasteiger partial charge in [-0.25, -0.2) is 14.5 Å². The predicted molar refractivity (Wildman–Crippen MR) is 72.7 cm³/mol. The number of hydrogen-bond acceptors (Lipinski definition) is 5. The zero-order valence-corrected chi connectivity index (χ0v) is 11.3. The van der Waals surface area contributed by atoms with E-state index in [9.17, 15) is 4.79 Å². The van der Waals surface area contributed by atoms with Gasteiger partial charge < -0.3 is 9.84 Å². The molecule has 1 aromatic carbocycles. The van der Waals surface area contributed by atoms with E-state index in [2.05, 4.69) is 10.1 Å². The first-order chi connectivity index (χ1) is 9.76. The molecule has 6 heteroatoms. The molecule has 1 N–H and O–H groups in total. The zero-order valence-electron chi connectivity index (χ0n) is 11.3. The Hall–Kier alpha value is -2.21. The highest BCUT2D eigenvalue weighted by Gasteiger charge is 2.17. The summed E-state index contributed by atoms with van der Waals surface area (Å²) >= 11 is 0. The summed E-state index contributed by atoms with van der Waals surface area (Å²) in [6, 6.07) is 9.44. The van der Waals surface area contributed by atoms with Gasteiger partial charge in [0.1, 0.15) is 5.82 Å². The normalized spacial score (nSPS) is 10.5. The van der Waals surface area contributed by atoms with Crippen molar-refractivity contribution in [3.8, 4) is 5.69 Å². The molecule has 2 rings (SSSR count). The van der Waals surface area contributed by atoms with Crippen LogP contribution >= 0.6 is 0 Å². The molecule has 0 saturated heterocycles. The molecule has 0 bridgehead atoms. The fourth-order valence-corrected chi connectivity index (χ4v) is 1.80. The molecule has 0 aliphatic heterocycles. The lowest BCUT2D eigenvalue weighted by molar-refractivity contribution is 0.0512. The minimum absolute atomic E-state index is 0.0450. The molecule has 2 aromatic rings. The van der Waals surface area contributed by atoms with E-state index < -0.39 is 5.97 Å². The van der Waals surface area contributed by atoms with Gasteiger partial charge in [-0.05, 0) is 25.5 Å². The molecule has 1 heterocycles. The van der Waals surface area contributed by atoms with Gasteiger partial charge >= 0.3 is 5.97 Å². The minimum Gasteiger partial charge on any atom is -0.460 e. The molecule has 0 saturated carbocycles. The number of hydrogen-bond donors (Lipinski definition) is 1. The second kappa shape index (κ2) is 6.81. The van der Waals surface area contributed by atoms with Gasteiger partial charge in [0.2, 0.25) is 0 Å². The summed E-state index contributed by atoms with van der Waals surface area (Å²) in [5, 5.41) is 13.1. The molecule has 0 aliphatic rings. The van der Waals surface area contributed by atoms with Gasteiger partial charge in [-0.3, -0.25) is 0 Å². The minimum atomic E-state index is -0.535. The third-order valence-corrected chi connectivity index (χ3v) is 2.69. The number of aryl methyl sites for hydroxylation is 1. The lowest BCUT2D eigenvalue weighted by atomic mass is 10.3. The number of aliphatic hydroxyl groups excluding tert-OH is 1. The summed E-state index contributed by atoms with van der Waals surface area (Å²) in [6.07, 6.45) is 1.10. The van der Waals surface area contributed by atoms with E-state index in [1.807, 2.05) is 30.3 Å². The Morgan fingerprint density at radius 1 is 1.35 bits per heavy atom. The Balaban J connectivity index is 2.35. The topological polar surface area (TPSA) is 77.2 Å². The van der Waals surface area contributed by atoms with Crippen LogP contribution in [0.4, 0.5) is 0 Å². The van der Waals surface area contributed by atoms with E-state index in [1.54, 1.807) is 11.6 Å². The zero-order chi connectivity index (χ0) is 14.4. The molecule has 0 spiro atoms. The SMILES string of the molecule is CCOC(=O)c1nc(CCCO)n(-c2ccccc2)n1.